The summed E-state index contributed by atoms with van der Waals surface area (Å²) in [7, 11) is 0. The Morgan fingerprint density at radius 1 is 0.974 bits per heavy atom. The molecule has 2 aliphatic heterocycles. The predicted molar refractivity (Wildman–Crippen MR) is 138 cm³/mol. The molecule has 0 unspecified atom stereocenters. The van der Waals surface area contributed by atoms with E-state index >= 15 is 0 Å². The van der Waals surface area contributed by atoms with Gasteiger partial charge in [-0.25, -0.2) is 0 Å². The number of carboxylic acids is 1. The predicted octanol–water partition coefficient (Wildman–Crippen LogP) is 1.36. The lowest BCUT2D eigenvalue weighted by Gasteiger charge is -2.67. The topological polar surface area (TPSA) is 172 Å². The van der Waals surface area contributed by atoms with Gasteiger partial charge in [-0.15, -0.1) is 0 Å². The minimum absolute atomic E-state index is 0.0465. The Balaban J connectivity index is 1.17. The SMILES string of the molecule is C[C@]12CC[C@H](O[C@H]3O[C@@H](CO)[C@H](O)[C@@H](N)[C@@H]3O)C[C@H]1CC[C@@H]1[C@@H]2CC[C@]2(C)[C@@H]3CC[C@]12O[C@@H](O)[C@H]3CC(=O)O. The second-order valence-electron chi connectivity index (χ2n) is 14.1. The minimum Gasteiger partial charge on any atom is -0.481 e. The second kappa shape index (κ2) is 9.87. The number of aliphatic carboxylic acids is 1. The van der Waals surface area contributed by atoms with Gasteiger partial charge in [0.25, 0.3) is 0 Å². The van der Waals surface area contributed by atoms with Crippen LogP contribution in [0.15, 0.2) is 0 Å². The fourth-order valence-electron chi connectivity index (χ4n) is 10.7. The second-order valence-corrected chi connectivity index (χ2v) is 14.1. The highest BCUT2D eigenvalue weighted by molar-refractivity contribution is 5.67. The standard InChI is InChI=1S/C29H47NO9/c1-27-8-5-15(37-26-24(35)22(30)23(34)20(13-31)38-26)11-14(27)3-4-19-18(27)6-9-28(2)17-7-10-29(19,28)39-25(36)16(17)12-21(32)33/h14-20,22-26,31,34-36H,3-13,30H2,1-2H3,(H,32,33)/t14-,15+,16+,17-,18+,19-,20+,22-,23+,24+,25-,26+,27+,28-,29+/m1/s1. The molecule has 0 radical (unpaired) electrons. The number of carbonyl (C=O) groups is 1. The molecule has 6 rings (SSSR count). The van der Waals surface area contributed by atoms with Gasteiger partial charge in [0, 0.05) is 11.3 Å². The summed E-state index contributed by atoms with van der Waals surface area (Å²) >= 11 is 0. The lowest BCUT2D eigenvalue weighted by Crippen LogP contribution is -2.67. The van der Waals surface area contributed by atoms with Crippen LogP contribution >= 0.6 is 0 Å². The molecule has 2 heterocycles. The fourth-order valence-corrected chi connectivity index (χ4v) is 10.7. The van der Waals surface area contributed by atoms with Gasteiger partial charge in [0.2, 0.25) is 0 Å². The molecule has 0 aromatic heterocycles. The number of aliphatic hydroxyl groups excluding tert-OH is 4. The zero-order valence-electron chi connectivity index (χ0n) is 23.2. The molecular weight excluding hydrogens is 506 g/mol. The summed E-state index contributed by atoms with van der Waals surface area (Å²) in [6.07, 6.45) is 3.23. The quantitative estimate of drug-likeness (QED) is 0.273. The fraction of sp³-hybridized carbons (Fsp3) is 0.966. The van der Waals surface area contributed by atoms with E-state index < -0.39 is 55.1 Å². The van der Waals surface area contributed by atoms with Crippen molar-refractivity contribution in [3.05, 3.63) is 0 Å². The highest BCUT2D eigenvalue weighted by Gasteiger charge is 2.72. The molecule has 222 valence electrons. The summed E-state index contributed by atoms with van der Waals surface area (Å²) in [5.41, 5.74) is 5.59. The lowest BCUT2D eigenvalue weighted by molar-refractivity contribution is -0.334. The third kappa shape index (κ3) is 4.07. The Kier molecular flexibility index (Phi) is 7.15. The van der Waals surface area contributed by atoms with Gasteiger partial charge in [0.05, 0.1) is 30.8 Å². The molecule has 39 heavy (non-hydrogen) atoms. The number of aliphatic hydroxyl groups is 4. The number of fused-ring (bicyclic) bond motifs is 3. The van der Waals surface area contributed by atoms with Crippen molar-refractivity contribution in [2.45, 2.75) is 127 Å². The molecule has 10 heteroatoms. The summed E-state index contributed by atoms with van der Waals surface area (Å²) in [6.45, 7) is 4.33. The third-order valence-electron chi connectivity index (χ3n) is 12.7. The van der Waals surface area contributed by atoms with Gasteiger partial charge in [0.1, 0.15) is 18.3 Å². The number of nitrogens with two attached hydrogens (primary N) is 1. The van der Waals surface area contributed by atoms with Crippen LogP contribution in [-0.4, -0.2) is 86.7 Å². The molecule has 15 atom stereocenters. The molecule has 2 saturated heterocycles. The molecule has 6 fully saturated rings. The molecule has 0 amide bonds. The van der Waals surface area contributed by atoms with Crippen molar-refractivity contribution < 1.29 is 44.5 Å². The van der Waals surface area contributed by atoms with E-state index in [1.165, 1.54) is 0 Å². The summed E-state index contributed by atoms with van der Waals surface area (Å²) in [4.78, 5) is 11.6. The van der Waals surface area contributed by atoms with Gasteiger partial charge >= 0.3 is 5.97 Å². The van der Waals surface area contributed by atoms with Crippen molar-refractivity contribution in [1.82, 2.24) is 0 Å². The molecule has 6 aliphatic rings. The first kappa shape index (κ1) is 28.3. The number of hydrogen-bond donors (Lipinski definition) is 6. The Labute approximate surface area is 230 Å². The third-order valence-corrected chi connectivity index (χ3v) is 12.7. The Bertz CT molecular complexity index is 950. The molecule has 0 aromatic rings. The highest BCUT2D eigenvalue weighted by Crippen LogP contribution is 2.73. The molecule has 7 N–H and O–H groups in total. The minimum atomic E-state index is -1.17. The van der Waals surface area contributed by atoms with Gasteiger partial charge < -0.3 is 45.5 Å². The largest absolute Gasteiger partial charge is 0.481 e. The average Bonchev–Trinajstić information content (AvgIpc) is 3.10. The molecular formula is C29H47NO9. The molecule has 10 nitrogen and oxygen atoms in total. The maximum atomic E-state index is 11.6. The van der Waals surface area contributed by atoms with E-state index in [2.05, 4.69) is 13.8 Å². The van der Waals surface area contributed by atoms with Crippen molar-refractivity contribution in [3.63, 3.8) is 0 Å². The van der Waals surface area contributed by atoms with Crippen LogP contribution in [0.1, 0.15) is 78.1 Å². The molecule has 4 saturated carbocycles. The van der Waals surface area contributed by atoms with Gasteiger partial charge in [-0.2, -0.15) is 0 Å². The smallest absolute Gasteiger partial charge is 0.303 e. The number of rotatable bonds is 5. The van der Waals surface area contributed by atoms with Crippen LogP contribution in [0.5, 0.6) is 0 Å². The first-order valence-electron chi connectivity index (χ1n) is 15.1. The average molecular weight is 554 g/mol. The lowest BCUT2D eigenvalue weighted by atomic mass is 9.42. The highest BCUT2D eigenvalue weighted by atomic mass is 16.7. The Morgan fingerprint density at radius 2 is 1.72 bits per heavy atom. The van der Waals surface area contributed by atoms with E-state index in [0.717, 1.165) is 57.8 Å². The van der Waals surface area contributed by atoms with E-state index in [1.807, 2.05) is 0 Å². The van der Waals surface area contributed by atoms with Crippen molar-refractivity contribution in [3.8, 4) is 0 Å². The molecule has 2 bridgehead atoms. The zero-order valence-corrected chi connectivity index (χ0v) is 23.2. The van der Waals surface area contributed by atoms with E-state index in [0.29, 0.717) is 17.8 Å². The number of hydrogen-bond acceptors (Lipinski definition) is 9. The Hall–Kier alpha value is -0.850. The van der Waals surface area contributed by atoms with Crippen LogP contribution in [0.25, 0.3) is 0 Å². The van der Waals surface area contributed by atoms with Gasteiger partial charge in [-0.05, 0) is 86.9 Å². The maximum absolute atomic E-state index is 11.6. The van der Waals surface area contributed by atoms with Crippen LogP contribution in [0.4, 0.5) is 0 Å². The van der Waals surface area contributed by atoms with Crippen molar-refractivity contribution in [2.24, 2.45) is 46.2 Å². The summed E-state index contributed by atoms with van der Waals surface area (Å²) in [5.74, 6) is 0.193. The van der Waals surface area contributed by atoms with Gasteiger partial charge in [-0.3, -0.25) is 4.79 Å². The summed E-state index contributed by atoms with van der Waals surface area (Å²) < 4.78 is 18.6. The van der Waals surface area contributed by atoms with Crippen LogP contribution in [0.2, 0.25) is 0 Å². The zero-order chi connectivity index (χ0) is 27.9. The van der Waals surface area contributed by atoms with Gasteiger partial charge in [-0.1, -0.05) is 13.8 Å². The van der Waals surface area contributed by atoms with E-state index in [4.69, 9.17) is 19.9 Å². The number of ether oxygens (including phenoxy) is 3. The van der Waals surface area contributed by atoms with Crippen molar-refractivity contribution >= 4 is 5.97 Å². The summed E-state index contributed by atoms with van der Waals surface area (Å²) in [6, 6.07) is -0.947. The van der Waals surface area contributed by atoms with Crippen molar-refractivity contribution in [1.29, 1.82) is 0 Å². The molecule has 0 spiro atoms. The maximum Gasteiger partial charge on any atom is 0.303 e. The van der Waals surface area contributed by atoms with E-state index in [9.17, 15) is 30.3 Å². The number of carboxylic acid groups (broad SMARTS) is 1. The summed E-state index contributed by atoms with van der Waals surface area (Å²) in [5, 5.41) is 50.9. The van der Waals surface area contributed by atoms with Crippen LogP contribution in [-0.2, 0) is 19.0 Å². The molecule has 0 aromatic carbocycles. The first-order chi connectivity index (χ1) is 18.4. The Morgan fingerprint density at radius 3 is 2.44 bits per heavy atom. The monoisotopic (exact) mass is 553 g/mol. The van der Waals surface area contributed by atoms with Crippen LogP contribution in [0.3, 0.4) is 0 Å². The first-order valence-corrected chi connectivity index (χ1v) is 15.1. The van der Waals surface area contributed by atoms with E-state index in [-0.39, 0.29) is 35.2 Å². The molecule has 4 aliphatic carbocycles. The van der Waals surface area contributed by atoms with Crippen LogP contribution < -0.4 is 5.73 Å². The van der Waals surface area contributed by atoms with E-state index in [1.54, 1.807) is 0 Å². The van der Waals surface area contributed by atoms with Gasteiger partial charge in [0.15, 0.2) is 12.6 Å². The van der Waals surface area contributed by atoms with Crippen LogP contribution in [0, 0.1) is 40.4 Å². The van der Waals surface area contributed by atoms with Crippen molar-refractivity contribution in [2.75, 3.05) is 6.61 Å². The normalized spacial score (nSPS) is 56.8.